The van der Waals surface area contributed by atoms with Gasteiger partial charge in [-0.25, -0.2) is 0 Å². The smallest absolute Gasteiger partial charge is 0.310 e. The van der Waals surface area contributed by atoms with E-state index >= 15 is 0 Å². The summed E-state index contributed by atoms with van der Waals surface area (Å²) in [4.78, 5) is 12.8. The van der Waals surface area contributed by atoms with Crippen LogP contribution in [0.4, 0.5) is 0 Å². The number of carbonyl (C=O) groups is 1. The summed E-state index contributed by atoms with van der Waals surface area (Å²) in [6.07, 6.45) is 0.157. The Hall–Kier alpha value is -2.37. The number of carbonyl (C=O) groups excluding carboxylic acids is 1. The molecular formula is C22H22ClNO3S. The number of aryl methyl sites for hydroxylation is 1. The molecule has 0 atom stereocenters. The number of thiocarbonyl (C=S) groups is 1. The highest BCUT2D eigenvalue weighted by Gasteiger charge is 2.22. The Labute approximate surface area is 175 Å². The Morgan fingerprint density at radius 2 is 1.86 bits per heavy atom. The van der Waals surface area contributed by atoms with Gasteiger partial charge in [-0.15, -0.1) is 0 Å². The molecular weight excluding hydrogens is 394 g/mol. The topological polar surface area (TPSA) is 40.5 Å². The van der Waals surface area contributed by atoms with E-state index in [1.165, 1.54) is 0 Å². The van der Waals surface area contributed by atoms with Crippen LogP contribution < -0.4 is 4.74 Å². The van der Waals surface area contributed by atoms with Gasteiger partial charge in [0.2, 0.25) is 0 Å². The normalized spacial score (nSPS) is 10.9. The number of ether oxygens (including phenoxy) is 2. The average Bonchev–Trinajstić information content (AvgIpc) is 2.92. The van der Waals surface area contributed by atoms with Crippen LogP contribution in [0.25, 0.3) is 10.9 Å². The second kappa shape index (κ2) is 8.33. The summed E-state index contributed by atoms with van der Waals surface area (Å²) in [5, 5.41) is 1.37. The van der Waals surface area contributed by atoms with E-state index < -0.39 is 0 Å². The molecule has 6 heteroatoms. The number of hydrogen-bond donors (Lipinski definition) is 0. The van der Waals surface area contributed by atoms with E-state index in [-0.39, 0.29) is 12.4 Å². The monoisotopic (exact) mass is 415 g/mol. The van der Waals surface area contributed by atoms with Crippen LogP contribution in [0.15, 0.2) is 36.4 Å². The highest BCUT2D eigenvalue weighted by Crippen LogP contribution is 2.35. The summed E-state index contributed by atoms with van der Waals surface area (Å²) in [6, 6.07) is 11.7. The molecule has 0 aliphatic rings. The van der Waals surface area contributed by atoms with Crippen LogP contribution in [0, 0.1) is 13.8 Å². The van der Waals surface area contributed by atoms with E-state index in [0.29, 0.717) is 22.4 Å². The van der Waals surface area contributed by atoms with E-state index in [9.17, 15) is 4.79 Å². The summed E-state index contributed by atoms with van der Waals surface area (Å²) < 4.78 is 12.5. The molecule has 0 aliphatic heterocycles. The second-order valence-electron chi connectivity index (χ2n) is 6.56. The van der Waals surface area contributed by atoms with Gasteiger partial charge in [-0.3, -0.25) is 4.79 Å². The number of hydrogen-bond acceptors (Lipinski definition) is 4. The third-order valence-electron chi connectivity index (χ3n) is 4.74. The maximum absolute atomic E-state index is 12.2. The Bertz CT molecular complexity index is 1050. The average molecular weight is 416 g/mol. The molecule has 0 N–H and O–H groups in total. The fraction of sp³-hybridized carbons (Fsp3) is 0.273. The van der Waals surface area contributed by atoms with Crippen molar-refractivity contribution in [1.29, 1.82) is 0 Å². The SMILES string of the molecule is CCOC(=O)Cc1c(C)n(C(=S)c2ccc(C)cc2)c2cc(Cl)c(OC)cc12. The molecule has 0 spiro atoms. The molecule has 1 aromatic heterocycles. The third-order valence-corrected chi connectivity index (χ3v) is 5.45. The van der Waals surface area contributed by atoms with Gasteiger partial charge in [0, 0.05) is 16.6 Å². The van der Waals surface area contributed by atoms with Crippen molar-refractivity contribution in [1.82, 2.24) is 4.57 Å². The van der Waals surface area contributed by atoms with Gasteiger partial charge in [-0.05, 0) is 38.5 Å². The first-order valence-electron chi connectivity index (χ1n) is 9.01. The van der Waals surface area contributed by atoms with E-state index in [4.69, 9.17) is 33.3 Å². The van der Waals surface area contributed by atoms with Gasteiger partial charge >= 0.3 is 5.97 Å². The Kier molecular flexibility index (Phi) is 6.06. The van der Waals surface area contributed by atoms with Gasteiger partial charge in [-0.2, -0.15) is 0 Å². The number of nitrogens with zero attached hydrogens (tertiary/aromatic N) is 1. The molecule has 0 aliphatic carbocycles. The van der Waals surface area contributed by atoms with Crippen LogP contribution >= 0.6 is 23.8 Å². The van der Waals surface area contributed by atoms with Crippen molar-refractivity contribution in [2.75, 3.05) is 13.7 Å². The molecule has 1 heterocycles. The van der Waals surface area contributed by atoms with Crippen molar-refractivity contribution >= 4 is 45.7 Å². The largest absolute Gasteiger partial charge is 0.495 e. The standard InChI is InChI=1S/C22H22ClNO3S/c1-5-27-21(25)11-16-14(3)24(22(28)15-8-6-13(2)7-9-15)19-12-18(23)20(26-4)10-17(16)19/h6-10,12H,5,11H2,1-4H3. The number of methoxy groups -OCH3 is 1. The van der Waals surface area contributed by atoms with Crippen LogP contribution in [0.1, 0.15) is 29.3 Å². The minimum atomic E-state index is -0.278. The lowest BCUT2D eigenvalue weighted by Crippen LogP contribution is -2.13. The quantitative estimate of drug-likeness (QED) is 0.421. The summed E-state index contributed by atoms with van der Waals surface area (Å²) in [6.45, 7) is 6.12. The van der Waals surface area contributed by atoms with E-state index in [1.54, 1.807) is 14.0 Å². The van der Waals surface area contributed by atoms with Crippen LogP contribution in [0.3, 0.4) is 0 Å². The lowest BCUT2D eigenvalue weighted by molar-refractivity contribution is -0.142. The summed E-state index contributed by atoms with van der Waals surface area (Å²) in [5.41, 5.74) is 4.68. The molecule has 0 fully saturated rings. The molecule has 146 valence electrons. The van der Waals surface area contributed by atoms with Crippen molar-refractivity contribution in [3.05, 3.63) is 63.8 Å². The van der Waals surface area contributed by atoms with E-state index in [0.717, 1.165) is 33.3 Å². The van der Waals surface area contributed by atoms with Crippen molar-refractivity contribution in [3.8, 4) is 5.75 Å². The van der Waals surface area contributed by atoms with Gasteiger partial charge in [0.05, 0.1) is 30.7 Å². The molecule has 0 saturated heterocycles. The van der Waals surface area contributed by atoms with Crippen molar-refractivity contribution in [2.45, 2.75) is 27.2 Å². The highest BCUT2D eigenvalue weighted by molar-refractivity contribution is 7.80. The number of rotatable bonds is 5. The Morgan fingerprint density at radius 3 is 2.46 bits per heavy atom. The first kappa shape index (κ1) is 20.4. The Balaban J connectivity index is 2.22. The van der Waals surface area contributed by atoms with Gasteiger partial charge in [0.15, 0.2) is 0 Å². The van der Waals surface area contributed by atoms with Crippen LogP contribution in [-0.4, -0.2) is 29.2 Å². The fourth-order valence-corrected chi connectivity index (χ4v) is 3.91. The number of benzene rings is 2. The molecule has 2 aromatic carbocycles. The third kappa shape index (κ3) is 3.77. The molecule has 3 aromatic rings. The van der Waals surface area contributed by atoms with Crippen LogP contribution in [0.2, 0.25) is 5.02 Å². The first-order valence-corrected chi connectivity index (χ1v) is 9.80. The maximum atomic E-state index is 12.2. The minimum absolute atomic E-state index is 0.157. The summed E-state index contributed by atoms with van der Waals surface area (Å²) in [5.74, 6) is 0.275. The zero-order valence-corrected chi connectivity index (χ0v) is 17.9. The lowest BCUT2D eigenvalue weighted by atomic mass is 10.1. The number of halogens is 1. The van der Waals surface area contributed by atoms with E-state index in [2.05, 4.69) is 0 Å². The molecule has 28 heavy (non-hydrogen) atoms. The summed E-state index contributed by atoms with van der Waals surface area (Å²) >= 11 is 12.2. The summed E-state index contributed by atoms with van der Waals surface area (Å²) in [7, 11) is 1.57. The molecule has 0 saturated carbocycles. The second-order valence-corrected chi connectivity index (χ2v) is 7.35. The van der Waals surface area contributed by atoms with Gasteiger partial charge in [-0.1, -0.05) is 53.6 Å². The van der Waals surface area contributed by atoms with Crippen LogP contribution in [0.5, 0.6) is 5.75 Å². The predicted octanol–water partition coefficient (Wildman–Crippen LogP) is 5.25. The van der Waals surface area contributed by atoms with Gasteiger partial charge < -0.3 is 14.0 Å². The van der Waals surface area contributed by atoms with E-state index in [1.807, 2.05) is 54.8 Å². The highest BCUT2D eigenvalue weighted by atomic mass is 35.5. The molecule has 0 unspecified atom stereocenters. The molecule has 4 nitrogen and oxygen atoms in total. The zero-order chi connectivity index (χ0) is 20.4. The lowest BCUT2D eigenvalue weighted by Gasteiger charge is -2.12. The number of esters is 1. The fourth-order valence-electron chi connectivity index (χ4n) is 3.30. The first-order chi connectivity index (χ1) is 13.4. The molecule has 0 bridgehead atoms. The minimum Gasteiger partial charge on any atom is -0.495 e. The van der Waals surface area contributed by atoms with Crippen molar-refractivity contribution in [2.24, 2.45) is 0 Å². The van der Waals surface area contributed by atoms with Crippen LogP contribution in [-0.2, 0) is 16.0 Å². The Morgan fingerprint density at radius 1 is 1.18 bits per heavy atom. The maximum Gasteiger partial charge on any atom is 0.310 e. The number of aromatic nitrogens is 1. The molecule has 3 rings (SSSR count). The zero-order valence-electron chi connectivity index (χ0n) is 16.3. The van der Waals surface area contributed by atoms with Gasteiger partial charge in [0.1, 0.15) is 10.7 Å². The van der Waals surface area contributed by atoms with Crippen molar-refractivity contribution < 1.29 is 14.3 Å². The molecule has 0 radical (unpaired) electrons. The predicted molar refractivity (Wildman–Crippen MR) is 117 cm³/mol. The van der Waals surface area contributed by atoms with Gasteiger partial charge in [0.25, 0.3) is 0 Å². The van der Waals surface area contributed by atoms with Crippen molar-refractivity contribution in [3.63, 3.8) is 0 Å². The number of fused-ring (bicyclic) bond motifs is 1. The molecule has 0 amide bonds.